The van der Waals surface area contributed by atoms with Crippen molar-refractivity contribution in [3.8, 4) is 23.0 Å². The van der Waals surface area contributed by atoms with Crippen LogP contribution in [0, 0.1) is 13.8 Å². The Kier molecular flexibility index (Phi) is 12.3. The number of benzene rings is 6. The van der Waals surface area contributed by atoms with E-state index in [4.69, 9.17) is 28.6 Å². The molecular weight excluding hydrogens is 656 g/mol. The van der Waals surface area contributed by atoms with Gasteiger partial charge in [0, 0.05) is 0 Å². The summed E-state index contributed by atoms with van der Waals surface area (Å²) in [7, 11) is 0. The van der Waals surface area contributed by atoms with Gasteiger partial charge >= 0.3 is 5.97 Å². The minimum Gasteiger partial charge on any atom is -0.468 e. The molecule has 0 bridgehead atoms. The summed E-state index contributed by atoms with van der Waals surface area (Å²) in [6.07, 6.45) is -1.44. The van der Waals surface area contributed by atoms with E-state index in [0.717, 1.165) is 33.6 Å². The summed E-state index contributed by atoms with van der Waals surface area (Å²) in [4.78, 5) is 18.9. The van der Waals surface area contributed by atoms with E-state index in [-0.39, 0.29) is 13.6 Å². The van der Waals surface area contributed by atoms with Crippen molar-refractivity contribution in [3.05, 3.63) is 191 Å². The minimum atomic E-state index is -0.836. The smallest absolute Gasteiger partial charge is 0.321 e. The predicted octanol–water partition coefficient (Wildman–Crippen LogP) is 9.78. The lowest BCUT2D eigenvalue weighted by Crippen LogP contribution is -2.27. The first-order valence-electron chi connectivity index (χ1n) is 16.9. The zero-order chi connectivity index (χ0) is 36.1. The Bertz CT molecular complexity index is 1960. The zero-order valence-corrected chi connectivity index (χ0v) is 29.0. The van der Waals surface area contributed by atoms with Gasteiger partial charge in [-0.3, -0.25) is 10.1 Å². The molecule has 6 aromatic carbocycles. The molecule has 1 N–H and O–H groups in total. The van der Waals surface area contributed by atoms with Gasteiger partial charge in [0.05, 0.1) is 0 Å². The molecule has 3 atom stereocenters. The summed E-state index contributed by atoms with van der Waals surface area (Å²) in [5, 5.41) is 9.69. The lowest BCUT2D eigenvalue weighted by molar-refractivity contribution is -0.270. The van der Waals surface area contributed by atoms with Crippen LogP contribution < -0.4 is 18.9 Å². The molecule has 0 radical (unpaired) electrons. The van der Waals surface area contributed by atoms with Gasteiger partial charge in [0.1, 0.15) is 41.1 Å². The normalized spacial score (nSPS) is 12.7. The Balaban J connectivity index is 1.14. The van der Waals surface area contributed by atoms with Crippen molar-refractivity contribution in [2.75, 3.05) is 13.6 Å². The van der Waals surface area contributed by atoms with Gasteiger partial charge in [-0.15, -0.1) is 0 Å². The summed E-state index contributed by atoms with van der Waals surface area (Å²) in [6.45, 7) is 3.94. The molecule has 3 unspecified atom stereocenters. The van der Waals surface area contributed by atoms with E-state index in [2.05, 4.69) is 0 Å². The van der Waals surface area contributed by atoms with Crippen molar-refractivity contribution >= 4 is 5.97 Å². The maximum Gasteiger partial charge on any atom is 0.321 e. The van der Waals surface area contributed by atoms with Crippen LogP contribution in [0.5, 0.6) is 23.0 Å². The van der Waals surface area contributed by atoms with E-state index in [1.165, 1.54) is 0 Å². The highest BCUT2D eigenvalue weighted by Crippen LogP contribution is 2.36. The first kappa shape index (κ1) is 35.9. The average Bonchev–Trinajstić information content (AvgIpc) is 3.18. The van der Waals surface area contributed by atoms with E-state index >= 15 is 0 Å². The van der Waals surface area contributed by atoms with Crippen LogP contribution in [0.4, 0.5) is 0 Å². The van der Waals surface area contributed by atoms with Gasteiger partial charge in [-0.25, -0.2) is 4.89 Å². The molecule has 0 aliphatic heterocycles. The fourth-order valence-electron chi connectivity index (χ4n) is 5.68. The van der Waals surface area contributed by atoms with Crippen molar-refractivity contribution in [2.45, 2.75) is 32.0 Å². The molecular formula is C44H40O8. The number of esters is 1. The number of ether oxygens (including phenoxy) is 5. The van der Waals surface area contributed by atoms with Gasteiger partial charge in [-0.05, 0) is 84.6 Å². The largest absolute Gasteiger partial charge is 0.468 e. The molecule has 0 saturated carbocycles. The molecule has 264 valence electrons. The monoisotopic (exact) mass is 696 g/mol. The summed E-state index contributed by atoms with van der Waals surface area (Å²) in [6, 6.07) is 48.4. The lowest BCUT2D eigenvalue weighted by Gasteiger charge is -2.27. The third kappa shape index (κ3) is 9.64. The van der Waals surface area contributed by atoms with Crippen LogP contribution >= 0.6 is 0 Å². The highest BCUT2D eigenvalue weighted by atomic mass is 17.1. The van der Waals surface area contributed by atoms with E-state index < -0.39 is 24.1 Å². The minimum absolute atomic E-state index is 0.0667. The molecule has 8 heteroatoms. The molecule has 6 aromatic rings. The topological polar surface area (TPSA) is 92.7 Å². The van der Waals surface area contributed by atoms with Crippen LogP contribution in [0.3, 0.4) is 0 Å². The standard InChI is InChI=1S/C44H40O8/c1-31-13-17-35(18-14-31)42(52-46)36-19-23-40(24-20-36)51-44(45)41(33-9-5-3-6-10-33)43(34-11-7-4-8-12-34)50-30-49-39-27-25-38(26-28-39)48-29-47-37-21-15-32(2)16-22-37/h3-28,41-43,46H,29-30H2,1-2H3. The number of carbonyl (C=O) groups excluding carboxylic acids is 1. The summed E-state index contributed by atoms with van der Waals surface area (Å²) >= 11 is 0. The van der Waals surface area contributed by atoms with E-state index in [0.29, 0.717) is 22.8 Å². The Labute approximate surface area is 303 Å². The number of hydrogen-bond acceptors (Lipinski definition) is 8. The van der Waals surface area contributed by atoms with Gasteiger partial charge in [0.15, 0.2) is 6.79 Å². The van der Waals surface area contributed by atoms with Gasteiger partial charge in [-0.2, -0.15) is 0 Å². The maximum atomic E-state index is 14.1. The van der Waals surface area contributed by atoms with Crippen molar-refractivity contribution in [3.63, 3.8) is 0 Å². The quantitative estimate of drug-likeness (QED) is 0.0352. The number of rotatable bonds is 16. The van der Waals surface area contributed by atoms with Crippen LogP contribution in [0.25, 0.3) is 0 Å². The molecule has 0 aliphatic rings. The van der Waals surface area contributed by atoms with Crippen molar-refractivity contribution < 1.29 is 38.6 Å². The summed E-state index contributed by atoms with van der Waals surface area (Å²) in [5.41, 5.74) is 5.25. The van der Waals surface area contributed by atoms with Gasteiger partial charge in [0.25, 0.3) is 0 Å². The predicted molar refractivity (Wildman–Crippen MR) is 198 cm³/mol. The molecule has 0 spiro atoms. The number of carbonyl (C=O) groups is 1. The first-order valence-corrected chi connectivity index (χ1v) is 16.9. The molecule has 8 nitrogen and oxygen atoms in total. The lowest BCUT2D eigenvalue weighted by atomic mass is 9.89. The Morgan fingerprint density at radius 2 is 0.923 bits per heavy atom. The molecule has 6 rings (SSSR count). The third-order valence-electron chi connectivity index (χ3n) is 8.50. The Morgan fingerprint density at radius 1 is 0.500 bits per heavy atom. The molecule has 0 saturated heterocycles. The second kappa shape index (κ2) is 17.8. The second-order valence-electron chi connectivity index (χ2n) is 12.2. The van der Waals surface area contributed by atoms with Gasteiger partial charge in [-0.1, -0.05) is 120 Å². The average molecular weight is 697 g/mol. The van der Waals surface area contributed by atoms with Crippen molar-refractivity contribution in [2.24, 2.45) is 0 Å². The van der Waals surface area contributed by atoms with Crippen LogP contribution in [0.1, 0.15) is 51.5 Å². The molecule has 0 amide bonds. The highest BCUT2D eigenvalue weighted by Gasteiger charge is 2.34. The number of aryl methyl sites for hydroxylation is 2. The van der Waals surface area contributed by atoms with Crippen molar-refractivity contribution in [1.29, 1.82) is 0 Å². The fraction of sp³-hybridized carbons (Fsp3) is 0.159. The molecule has 52 heavy (non-hydrogen) atoms. The third-order valence-corrected chi connectivity index (χ3v) is 8.50. The zero-order valence-electron chi connectivity index (χ0n) is 29.0. The van der Waals surface area contributed by atoms with Crippen LogP contribution in [-0.2, 0) is 14.4 Å². The summed E-state index contributed by atoms with van der Waals surface area (Å²) in [5.74, 6) is 0.912. The van der Waals surface area contributed by atoms with E-state index in [1.807, 2.05) is 123 Å². The Hall–Kier alpha value is -5.93. The Morgan fingerprint density at radius 3 is 1.44 bits per heavy atom. The molecule has 0 aromatic heterocycles. The number of hydrogen-bond donors (Lipinski definition) is 1. The van der Waals surface area contributed by atoms with Crippen LogP contribution in [0.15, 0.2) is 158 Å². The fourth-order valence-corrected chi connectivity index (χ4v) is 5.68. The summed E-state index contributed by atoms with van der Waals surface area (Å²) < 4.78 is 29.7. The van der Waals surface area contributed by atoms with Gasteiger partial charge < -0.3 is 23.7 Å². The first-order chi connectivity index (χ1) is 25.5. The molecule has 0 aliphatic carbocycles. The van der Waals surface area contributed by atoms with Crippen molar-refractivity contribution in [1.82, 2.24) is 0 Å². The van der Waals surface area contributed by atoms with Crippen LogP contribution in [0.2, 0.25) is 0 Å². The molecule has 0 fully saturated rings. The SMILES string of the molecule is Cc1ccc(OCOc2ccc(OCOC(c3ccccc3)C(C(=O)Oc3ccc(C(OO)c4ccc(C)cc4)cc3)c3ccccc3)cc2)cc1. The maximum absolute atomic E-state index is 14.1. The second-order valence-corrected chi connectivity index (χ2v) is 12.2. The van der Waals surface area contributed by atoms with Gasteiger partial charge in [0.2, 0.25) is 6.79 Å². The van der Waals surface area contributed by atoms with Crippen LogP contribution in [-0.4, -0.2) is 24.8 Å². The molecule has 0 heterocycles. The van der Waals surface area contributed by atoms with E-state index in [9.17, 15) is 10.1 Å². The highest BCUT2D eigenvalue weighted by molar-refractivity contribution is 5.81. The van der Waals surface area contributed by atoms with E-state index in [1.54, 1.807) is 48.5 Å².